The molecule has 1 unspecified atom stereocenters. The topological polar surface area (TPSA) is 58.6 Å². The van der Waals surface area contributed by atoms with Crippen LogP contribution < -0.4 is 10.1 Å². The van der Waals surface area contributed by atoms with E-state index in [1.165, 1.54) is 0 Å². The Morgan fingerprint density at radius 3 is 2.88 bits per heavy atom. The molecule has 0 radical (unpaired) electrons. The molecule has 0 aliphatic carbocycles. The summed E-state index contributed by atoms with van der Waals surface area (Å²) in [5, 5.41) is 11.6. The summed E-state index contributed by atoms with van der Waals surface area (Å²) in [7, 11) is 0. The molecule has 0 aliphatic rings. The van der Waals surface area contributed by atoms with Crippen molar-refractivity contribution in [1.29, 1.82) is 0 Å². The molecular formula is C12H16BrNO3. The van der Waals surface area contributed by atoms with E-state index in [2.05, 4.69) is 21.2 Å². The Hall–Kier alpha value is -1.07. The number of amides is 1. The third-order valence-corrected chi connectivity index (χ3v) is 2.66. The van der Waals surface area contributed by atoms with Crippen molar-refractivity contribution in [2.24, 2.45) is 0 Å². The van der Waals surface area contributed by atoms with Gasteiger partial charge in [-0.2, -0.15) is 0 Å². The number of aliphatic hydroxyl groups excluding tert-OH is 1. The van der Waals surface area contributed by atoms with Crippen molar-refractivity contribution in [1.82, 2.24) is 5.32 Å². The van der Waals surface area contributed by atoms with Crippen LogP contribution in [-0.4, -0.2) is 30.3 Å². The van der Waals surface area contributed by atoms with Crippen molar-refractivity contribution in [3.8, 4) is 5.75 Å². The Bertz CT molecular complexity index is 393. The van der Waals surface area contributed by atoms with Crippen LogP contribution in [0, 0.1) is 6.92 Å². The summed E-state index contributed by atoms with van der Waals surface area (Å²) in [4.78, 5) is 11.3. The molecule has 0 aliphatic heterocycles. The number of nitrogens with one attached hydrogen (secondary N) is 1. The normalized spacial score (nSPS) is 12.0. The van der Waals surface area contributed by atoms with Gasteiger partial charge >= 0.3 is 0 Å². The fourth-order valence-corrected chi connectivity index (χ4v) is 1.79. The van der Waals surface area contributed by atoms with Gasteiger partial charge in [0, 0.05) is 6.54 Å². The predicted molar refractivity (Wildman–Crippen MR) is 69.1 cm³/mol. The lowest BCUT2D eigenvalue weighted by atomic mass is 10.2. The summed E-state index contributed by atoms with van der Waals surface area (Å²) in [5.41, 5.74) is 1.11. The van der Waals surface area contributed by atoms with Gasteiger partial charge in [0.15, 0.2) is 6.61 Å². The number of aliphatic hydroxyl groups is 1. The Balaban J connectivity index is 2.42. The average molecular weight is 302 g/mol. The van der Waals surface area contributed by atoms with Crippen molar-refractivity contribution in [3.63, 3.8) is 0 Å². The molecule has 0 spiro atoms. The van der Waals surface area contributed by atoms with Crippen molar-refractivity contribution in [3.05, 3.63) is 28.2 Å². The second-order valence-corrected chi connectivity index (χ2v) is 4.73. The molecule has 1 aromatic rings. The number of rotatable bonds is 5. The Labute approximate surface area is 109 Å². The minimum Gasteiger partial charge on any atom is -0.483 e. The van der Waals surface area contributed by atoms with Gasteiger partial charge in [-0.1, -0.05) is 6.07 Å². The van der Waals surface area contributed by atoms with Gasteiger partial charge in [-0.3, -0.25) is 4.79 Å². The Morgan fingerprint density at radius 2 is 2.29 bits per heavy atom. The second kappa shape index (κ2) is 6.61. The predicted octanol–water partition coefficient (Wildman–Crippen LogP) is 1.63. The molecule has 2 N–H and O–H groups in total. The van der Waals surface area contributed by atoms with E-state index in [0.717, 1.165) is 10.0 Å². The molecule has 4 nitrogen and oxygen atoms in total. The first-order chi connectivity index (χ1) is 7.99. The summed E-state index contributed by atoms with van der Waals surface area (Å²) in [6, 6.07) is 5.64. The molecule has 0 bridgehead atoms. The zero-order valence-corrected chi connectivity index (χ0v) is 11.5. The quantitative estimate of drug-likeness (QED) is 0.869. The molecule has 94 valence electrons. The number of carbonyl (C=O) groups is 1. The molecule has 1 atom stereocenters. The van der Waals surface area contributed by atoms with E-state index in [1.807, 2.05) is 19.1 Å². The number of hydrogen-bond donors (Lipinski definition) is 2. The highest BCUT2D eigenvalue weighted by Crippen LogP contribution is 2.25. The highest BCUT2D eigenvalue weighted by molar-refractivity contribution is 9.10. The molecule has 5 heteroatoms. The SMILES string of the molecule is Cc1ccc(OCC(=O)NCC(C)O)c(Br)c1. The van der Waals surface area contributed by atoms with Gasteiger partial charge in [-0.15, -0.1) is 0 Å². The second-order valence-electron chi connectivity index (χ2n) is 3.88. The lowest BCUT2D eigenvalue weighted by Crippen LogP contribution is -2.34. The molecule has 17 heavy (non-hydrogen) atoms. The largest absolute Gasteiger partial charge is 0.483 e. The third-order valence-electron chi connectivity index (χ3n) is 2.04. The molecular weight excluding hydrogens is 286 g/mol. The highest BCUT2D eigenvalue weighted by Gasteiger charge is 2.06. The molecule has 1 rings (SSSR count). The van der Waals surface area contributed by atoms with E-state index < -0.39 is 6.10 Å². The van der Waals surface area contributed by atoms with Gasteiger partial charge in [0.25, 0.3) is 5.91 Å². The fourth-order valence-electron chi connectivity index (χ4n) is 1.18. The molecule has 0 fully saturated rings. The van der Waals surface area contributed by atoms with E-state index >= 15 is 0 Å². The molecule has 0 saturated heterocycles. The van der Waals surface area contributed by atoms with E-state index in [9.17, 15) is 4.79 Å². The van der Waals surface area contributed by atoms with Crippen molar-refractivity contribution >= 4 is 21.8 Å². The van der Waals surface area contributed by atoms with Crippen LogP contribution in [0.2, 0.25) is 0 Å². The van der Waals surface area contributed by atoms with Crippen LogP contribution in [0.5, 0.6) is 5.75 Å². The van der Waals surface area contributed by atoms with Crippen LogP contribution in [0.4, 0.5) is 0 Å². The number of aryl methyl sites for hydroxylation is 1. The molecule has 1 aromatic carbocycles. The maximum Gasteiger partial charge on any atom is 0.258 e. The first-order valence-corrected chi connectivity index (χ1v) is 6.12. The molecule has 0 heterocycles. The lowest BCUT2D eigenvalue weighted by molar-refractivity contribution is -0.123. The van der Waals surface area contributed by atoms with Crippen LogP contribution >= 0.6 is 15.9 Å². The zero-order chi connectivity index (χ0) is 12.8. The summed E-state index contributed by atoms with van der Waals surface area (Å²) < 4.78 is 6.17. The molecule has 0 aromatic heterocycles. The Kier molecular flexibility index (Phi) is 5.44. The van der Waals surface area contributed by atoms with Gasteiger partial charge in [-0.05, 0) is 47.5 Å². The summed E-state index contributed by atoms with van der Waals surface area (Å²) in [6.45, 7) is 3.76. The van der Waals surface area contributed by atoms with Gasteiger partial charge in [0.05, 0.1) is 10.6 Å². The monoisotopic (exact) mass is 301 g/mol. The smallest absolute Gasteiger partial charge is 0.258 e. The van der Waals surface area contributed by atoms with Crippen molar-refractivity contribution in [2.45, 2.75) is 20.0 Å². The zero-order valence-electron chi connectivity index (χ0n) is 9.87. The van der Waals surface area contributed by atoms with Crippen molar-refractivity contribution < 1.29 is 14.6 Å². The number of carbonyl (C=O) groups excluding carboxylic acids is 1. The third kappa shape index (κ3) is 5.19. The maximum absolute atomic E-state index is 11.3. The average Bonchev–Trinajstić information content (AvgIpc) is 2.25. The lowest BCUT2D eigenvalue weighted by Gasteiger charge is -2.10. The number of hydrogen-bond acceptors (Lipinski definition) is 3. The minimum absolute atomic E-state index is 0.0611. The van der Waals surface area contributed by atoms with Crippen LogP contribution in [0.3, 0.4) is 0 Å². The molecule has 1 amide bonds. The van der Waals surface area contributed by atoms with E-state index in [4.69, 9.17) is 9.84 Å². The number of halogens is 1. The van der Waals surface area contributed by atoms with Gasteiger partial charge in [0.1, 0.15) is 5.75 Å². The summed E-state index contributed by atoms with van der Waals surface area (Å²) >= 11 is 3.36. The van der Waals surface area contributed by atoms with Crippen LogP contribution in [0.15, 0.2) is 22.7 Å². The minimum atomic E-state index is -0.551. The van der Waals surface area contributed by atoms with Crippen LogP contribution in [0.1, 0.15) is 12.5 Å². The maximum atomic E-state index is 11.3. The van der Waals surface area contributed by atoms with Crippen LogP contribution in [-0.2, 0) is 4.79 Å². The first-order valence-electron chi connectivity index (χ1n) is 5.32. The summed E-state index contributed by atoms with van der Waals surface area (Å²) in [5.74, 6) is 0.376. The van der Waals surface area contributed by atoms with E-state index in [-0.39, 0.29) is 19.1 Å². The number of ether oxygens (including phenoxy) is 1. The standard InChI is InChI=1S/C12H16BrNO3/c1-8-3-4-11(10(13)5-8)17-7-12(16)14-6-9(2)15/h3-5,9,15H,6-7H2,1-2H3,(H,14,16). The van der Waals surface area contributed by atoms with E-state index in [1.54, 1.807) is 13.0 Å². The first kappa shape index (κ1) is 14.0. The Morgan fingerprint density at radius 1 is 1.59 bits per heavy atom. The number of benzene rings is 1. The van der Waals surface area contributed by atoms with E-state index in [0.29, 0.717) is 5.75 Å². The summed E-state index contributed by atoms with van der Waals surface area (Å²) in [6.07, 6.45) is -0.551. The van der Waals surface area contributed by atoms with Crippen LogP contribution in [0.25, 0.3) is 0 Å². The fraction of sp³-hybridized carbons (Fsp3) is 0.417. The molecule has 0 saturated carbocycles. The van der Waals surface area contributed by atoms with Gasteiger partial charge in [-0.25, -0.2) is 0 Å². The van der Waals surface area contributed by atoms with Gasteiger partial charge < -0.3 is 15.2 Å². The van der Waals surface area contributed by atoms with Crippen molar-refractivity contribution in [2.75, 3.05) is 13.2 Å². The highest BCUT2D eigenvalue weighted by atomic mass is 79.9. The van der Waals surface area contributed by atoms with Gasteiger partial charge in [0.2, 0.25) is 0 Å².